The van der Waals surface area contributed by atoms with Crippen molar-refractivity contribution >= 4 is 23.5 Å². The first-order valence-corrected chi connectivity index (χ1v) is 10.2. The molecule has 2 aromatic carbocycles. The average molecular weight is 412 g/mol. The lowest BCUT2D eigenvalue weighted by Crippen LogP contribution is -2.38. The van der Waals surface area contributed by atoms with E-state index in [2.05, 4.69) is 6.07 Å². The van der Waals surface area contributed by atoms with E-state index in [0.717, 1.165) is 16.7 Å². The summed E-state index contributed by atoms with van der Waals surface area (Å²) in [5, 5.41) is 0.575. The van der Waals surface area contributed by atoms with Crippen LogP contribution in [0.2, 0.25) is 5.02 Å². The fourth-order valence-corrected chi connectivity index (χ4v) is 3.95. The predicted octanol–water partition coefficient (Wildman–Crippen LogP) is 5.39. The van der Waals surface area contributed by atoms with Crippen molar-refractivity contribution in [3.8, 4) is 0 Å². The van der Waals surface area contributed by atoms with Crippen molar-refractivity contribution in [2.24, 2.45) is 0 Å². The highest BCUT2D eigenvalue weighted by atomic mass is 35.5. The Morgan fingerprint density at radius 3 is 2.55 bits per heavy atom. The summed E-state index contributed by atoms with van der Waals surface area (Å²) in [5.74, 6) is -0.777. The van der Waals surface area contributed by atoms with Gasteiger partial charge < -0.3 is 9.64 Å². The maximum absolute atomic E-state index is 13.1. The fourth-order valence-electron chi connectivity index (χ4n) is 3.75. The number of carbonyl (C=O) groups is 2. The minimum atomic E-state index is -0.385. The molecular weight excluding hydrogens is 386 g/mol. The number of halogens is 1. The van der Waals surface area contributed by atoms with Crippen molar-refractivity contribution < 1.29 is 14.3 Å². The summed E-state index contributed by atoms with van der Waals surface area (Å²) in [5.41, 5.74) is 4.16. The Labute approximate surface area is 177 Å². The van der Waals surface area contributed by atoms with Crippen molar-refractivity contribution in [2.75, 3.05) is 0 Å². The molecule has 0 aromatic heterocycles. The molecule has 1 aliphatic rings. The van der Waals surface area contributed by atoms with Gasteiger partial charge in [-0.1, -0.05) is 53.6 Å². The Morgan fingerprint density at radius 2 is 1.90 bits per heavy atom. The molecule has 1 heterocycles. The number of ether oxygens (including phenoxy) is 1. The maximum atomic E-state index is 13.1. The average Bonchev–Trinajstić information content (AvgIpc) is 2.64. The lowest BCUT2D eigenvalue weighted by Gasteiger charge is -2.35. The Bertz CT molecular complexity index is 964. The van der Waals surface area contributed by atoms with E-state index >= 15 is 0 Å². The van der Waals surface area contributed by atoms with Gasteiger partial charge in [-0.15, -0.1) is 0 Å². The number of hydrogen-bond donors (Lipinski definition) is 0. The highest BCUT2D eigenvalue weighted by molar-refractivity contribution is 6.30. The molecule has 0 N–H and O–H groups in total. The third kappa shape index (κ3) is 4.88. The zero-order valence-electron chi connectivity index (χ0n) is 17.2. The summed E-state index contributed by atoms with van der Waals surface area (Å²) in [6, 6.07) is 15.4. The van der Waals surface area contributed by atoms with Gasteiger partial charge in [0.05, 0.1) is 18.2 Å². The van der Waals surface area contributed by atoms with Crippen molar-refractivity contribution in [2.45, 2.75) is 52.7 Å². The van der Waals surface area contributed by atoms with Crippen LogP contribution >= 0.6 is 11.6 Å². The Morgan fingerprint density at radius 1 is 1.17 bits per heavy atom. The molecule has 4 nitrogen and oxygen atoms in total. The van der Waals surface area contributed by atoms with Gasteiger partial charge in [-0.25, -0.2) is 4.79 Å². The van der Waals surface area contributed by atoms with E-state index in [-0.39, 0.29) is 30.3 Å². The molecule has 0 radical (unpaired) electrons. The first-order valence-electron chi connectivity index (χ1n) is 9.79. The summed E-state index contributed by atoms with van der Waals surface area (Å²) < 4.78 is 5.53. The number of esters is 1. The number of rotatable bonds is 5. The number of aryl methyl sites for hydroxylation is 1. The molecule has 0 bridgehead atoms. The largest absolute Gasteiger partial charge is 0.460 e. The molecule has 3 rings (SSSR count). The zero-order chi connectivity index (χ0) is 21.1. The minimum absolute atomic E-state index is 0.0184. The molecule has 1 atom stereocenters. The molecule has 2 aromatic rings. The van der Waals surface area contributed by atoms with E-state index in [0.29, 0.717) is 22.8 Å². The number of amides is 1. The van der Waals surface area contributed by atoms with Crippen LogP contribution in [-0.2, 0) is 20.9 Å². The smallest absolute Gasteiger partial charge is 0.336 e. The van der Waals surface area contributed by atoms with Gasteiger partial charge >= 0.3 is 5.97 Å². The van der Waals surface area contributed by atoms with Crippen LogP contribution in [0.5, 0.6) is 0 Å². The van der Waals surface area contributed by atoms with E-state index in [1.165, 1.54) is 0 Å². The third-order valence-electron chi connectivity index (χ3n) is 5.06. The van der Waals surface area contributed by atoms with Gasteiger partial charge in [0, 0.05) is 23.1 Å². The molecule has 1 aliphatic heterocycles. The van der Waals surface area contributed by atoms with Gasteiger partial charge in [-0.2, -0.15) is 0 Å². The van der Waals surface area contributed by atoms with Crippen molar-refractivity contribution in [1.82, 2.24) is 4.90 Å². The molecule has 5 heteroatoms. The van der Waals surface area contributed by atoms with Crippen LogP contribution in [0.1, 0.15) is 49.8 Å². The molecule has 152 valence electrons. The van der Waals surface area contributed by atoms with E-state index in [9.17, 15) is 9.59 Å². The Kier molecular flexibility index (Phi) is 6.43. The van der Waals surface area contributed by atoms with Crippen molar-refractivity contribution in [3.05, 3.63) is 81.5 Å². The van der Waals surface area contributed by atoms with Crippen LogP contribution in [0.3, 0.4) is 0 Å². The van der Waals surface area contributed by atoms with Gasteiger partial charge in [0.15, 0.2) is 0 Å². The summed E-state index contributed by atoms with van der Waals surface area (Å²) in [7, 11) is 0. The SMILES string of the molecule is CC1=C(C(=O)OC(C)C)[C@@H](c2cccc(Cl)c2)CC(=O)N1Cc1cccc(C)c1. The summed E-state index contributed by atoms with van der Waals surface area (Å²) >= 11 is 6.17. The number of carbonyl (C=O) groups excluding carboxylic acids is 2. The fraction of sp³-hybridized carbons (Fsp3) is 0.333. The second-order valence-electron chi connectivity index (χ2n) is 7.73. The van der Waals surface area contributed by atoms with Crippen LogP contribution in [0.25, 0.3) is 0 Å². The molecule has 0 spiro atoms. The van der Waals surface area contributed by atoms with E-state index in [1.54, 1.807) is 11.0 Å². The number of benzene rings is 2. The normalized spacial score (nSPS) is 17.1. The predicted molar refractivity (Wildman–Crippen MR) is 114 cm³/mol. The van der Waals surface area contributed by atoms with E-state index in [1.807, 2.05) is 64.1 Å². The van der Waals surface area contributed by atoms with Crippen LogP contribution in [0.4, 0.5) is 0 Å². The first-order chi connectivity index (χ1) is 13.8. The molecule has 0 saturated heterocycles. The third-order valence-corrected chi connectivity index (χ3v) is 5.29. The van der Waals surface area contributed by atoms with Gasteiger partial charge in [0.1, 0.15) is 0 Å². The second-order valence-corrected chi connectivity index (χ2v) is 8.17. The number of allylic oxidation sites excluding steroid dienone is 1. The maximum Gasteiger partial charge on any atom is 0.336 e. The summed E-state index contributed by atoms with van der Waals surface area (Å²) in [6.07, 6.45) is -0.0443. The molecular formula is C24H26ClNO3. The minimum Gasteiger partial charge on any atom is -0.460 e. The standard InChI is InChI=1S/C24H26ClNO3/c1-15(2)29-24(28)23-17(4)26(14-18-8-5-7-16(3)11-18)22(27)13-21(23)19-9-6-10-20(25)12-19/h5-12,15,21H,13-14H2,1-4H3/t21-/m1/s1. The number of nitrogens with zero attached hydrogens (tertiary/aromatic N) is 1. The Hall–Kier alpha value is -2.59. The zero-order valence-corrected chi connectivity index (χ0v) is 18.0. The van der Waals surface area contributed by atoms with Gasteiger partial charge in [-0.3, -0.25) is 4.79 Å². The highest BCUT2D eigenvalue weighted by Crippen LogP contribution is 2.38. The highest BCUT2D eigenvalue weighted by Gasteiger charge is 2.37. The molecule has 29 heavy (non-hydrogen) atoms. The molecule has 0 aliphatic carbocycles. The molecule has 0 fully saturated rings. The van der Waals surface area contributed by atoms with Gasteiger partial charge in [0.2, 0.25) is 5.91 Å². The van der Waals surface area contributed by atoms with Crippen LogP contribution < -0.4 is 0 Å². The Balaban J connectivity index is 2.04. The van der Waals surface area contributed by atoms with Crippen molar-refractivity contribution in [3.63, 3.8) is 0 Å². The van der Waals surface area contributed by atoms with E-state index < -0.39 is 0 Å². The molecule has 0 saturated carbocycles. The topological polar surface area (TPSA) is 46.6 Å². The van der Waals surface area contributed by atoms with E-state index in [4.69, 9.17) is 16.3 Å². The summed E-state index contributed by atoms with van der Waals surface area (Å²) in [4.78, 5) is 27.7. The quantitative estimate of drug-likeness (QED) is 0.619. The second kappa shape index (κ2) is 8.83. The van der Waals surface area contributed by atoms with Gasteiger partial charge in [0.25, 0.3) is 0 Å². The van der Waals surface area contributed by atoms with Crippen molar-refractivity contribution in [1.29, 1.82) is 0 Å². The first kappa shape index (κ1) is 21.1. The monoisotopic (exact) mass is 411 g/mol. The summed E-state index contributed by atoms with van der Waals surface area (Å²) in [6.45, 7) is 7.90. The molecule has 0 unspecified atom stereocenters. The van der Waals surface area contributed by atoms with Crippen LogP contribution in [0, 0.1) is 6.92 Å². The van der Waals surface area contributed by atoms with Gasteiger partial charge in [-0.05, 0) is 51.0 Å². The van der Waals surface area contributed by atoms with Crippen LogP contribution in [-0.4, -0.2) is 22.9 Å². The van der Waals surface area contributed by atoms with Crippen LogP contribution in [0.15, 0.2) is 59.8 Å². The number of hydrogen-bond acceptors (Lipinski definition) is 3. The lowest BCUT2D eigenvalue weighted by molar-refractivity contribution is -0.143. The molecule has 1 amide bonds. The lowest BCUT2D eigenvalue weighted by atomic mass is 9.83.